The molecule has 2 heterocycles. The van der Waals surface area contributed by atoms with E-state index in [0.717, 1.165) is 66.1 Å². The van der Waals surface area contributed by atoms with Gasteiger partial charge in [-0.3, -0.25) is 0 Å². The number of hydrogen-bond donors (Lipinski definition) is 0. The first-order chi connectivity index (χ1) is 21.7. The van der Waals surface area contributed by atoms with Gasteiger partial charge in [-0.2, -0.15) is 10.5 Å². The SMILES string of the molecule is [C-]#[N+]c1cccc(-n2c3ccccc3c3ccccc32)c1-c1cc(C#N)ccc1-n1c2ccccc2c2cc(C#N)ccc21. The minimum atomic E-state index is 0.494. The van der Waals surface area contributed by atoms with Crippen LogP contribution in [0.4, 0.5) is 5.69 Å². The Morgan fingerprint density at radius 2 is 1.02 bits per heavy atom. The van der Waals surface area contributed by atoms with Crippen LogP contribution in [0.2, 0.25) is 0 Å². The lowest BCUT2D eigenvalue weighted by Gasteiger charge is -2.20. The molecule has 8 aromatic rings. The van der Waals surface area contributed by atoms with Crippen LogP contribution in [0.15, 0.2) is 127 Å². The predicted octanol–water partition coefficient (Wildman–Crippen LogP) is 9.84. The molecule has 6 aromatic carbocycles. The highest BCUT2D eigenvalue weighted by Gasteiger charge is 2.22. The monoisotopic (exact) mass is 559 g/mol. The van der Waals surface area contributed by atoms with Gasteiger partial charge in [0.15, 0.2) is 5.69 Å². The molecular weight excluding hydrogens is 538 g/mol. The fraction of sp³-hybridized carbons (Fsp3) is 0. The highest BCUT2D eigenvalue weighted by molar-refractivity contribution is 6.12. The topological polar surface area (TPSA) is 61.8 Å². The number of aromatic nitrogens is 2. The van der Waals surface area contributed by atoms with Crippen molar-refractivity contribution in [2.75, 3.05) is 0 Å². The van der Waals surface area contributed by atoms with E-state index >= 15 is 0 Å². The van der Waals surface area contributed by atoms with Crippen LogP contribution in [-0.2, 0) is 0 Å². The van der Waals surface area contributed by atoms with Crippen LogP contribution in [0.25, 0.3) is 71.0 Å². The van der Waals surface area contributed by atoms with Gasteiger partial charge < -0.3 is 9.13 Å². The fourth-order valence-corrected chi connectivity index (χ4v) is 6.57. The molecule has 5 nitrogen and oxygen atoms in total. The molecule has 0 radical (unpaired) electrons. The van der Waals surface area contributed by atoms with E-state index in [1.807, 2.05) is 84.9 Å². The van der Waals surface area contributed by atoms with Crippen molar-refractivity contribution in [3.63, 3.8) is 0 Å². The molecule has 5 heteroatoms. The Labute approximate surface area is 253 Å². The van der Waals surface area contributed by atoms with Crippen LogP contribution in [0.5, 0.6) is 0 Å². The minimum absolute atomic E-state index is 0.494. The maximum Gasteiger partial charge on any atom is 0.197 e. The summed E-state index contributed by atoms with van der Waals surface area (Å²) in [6.07, 6.45) is 0. The third-order valence-electron chi connectivity index (χ3n) is 8.40. The molecule has 8 rings (SSSR count). The molecule has 202 valence electrons. The van der Waals surface area contributed by atoms with Crippen LogP contribution in [0.3, 0.4) is 0 Å². The molecule has 0 saturated carbocycles. The van der Waals surface area contributed by atoms with Gasteiger partial charge in [-0.15, -0.1) is 0 Å². The van der Waals surface area contributed by atoms with E-state index < -0.39 is 0 Å². The van der Waals surface area contributed by atoms with Gasteiger partial charge in [0, 0.05) is 32.8 Å². The number of fused-ring (bicyclic) bond motifs is 6. The number of benzene rings is 6. The Bertz CT molecular complexity index is 2540. The molecule has 0 fully saturated rings. The largest absolute Gasteiger partial charge is 0.310 e. The van der Waals surface area contributed by atoms with E-state index in [1.165, 1.54) is 0 Å². The molecule has 0 bridgehead atoms. The molecule has 0 N–H and O–H groups in total. The standard InChI is InChI=1S/C39H21N5/c1-42-32-12-8-16-38(44-33-13-5-2-9-27(33)28-10-3-6-14-34(28)44)39(32)31-22-26(24-41)18-20-37(31)43-35-15-7-4-11-29(35)30-21-25(23-40)17-19-36(30)43/h2-22H. The van der Waals surface area contributed by atoms with Crippen molar-refractivity contribution < 1.29 is 0 Å². The summed E-state index contributed by atoms with van der Waals surface area (Å²) in [7, 11) is 0. The second kappa shape index (κ2) is 9.74. The van der Waals surface area contributed by atoms with Crippen molar-refractivity contribution in [1.82, 2.24) is 9.13 Å². The molecule has 0 amide bonds. The molecule has 0 unspecified atom stereocenters. The third kappa shape index (κ3) is 3.56. The quantitative estimate of drug-likeness (QED) is 0.202. The molecule has 0 aliphatic heterocycles. The maximum atomic E-state index is 10.0. The van der Waals surface area contributed by atoms with Crippen molar-refractivity contribution in [3.05, 3.63) is 150 Å². The summed E-state index contributed by atoms with van der Waals surface area (Å²) in [5, 5.41) is 23.9. The summed E-state index contributed by atoms with van der Waals surface area (Å²) >= 11 is 0. The second-order valence-electron chi connectivity index (χ2n) is 10.7. The molecule has 0 atom stereocenters. The summed E-state index contributed by atoms with van der Waals surface area (Å²) in [6, 6.07) is 46.6. The van der Waals surface area contributed by atoms with Gasteiger partial charge in [0.05, 0.1) is 57.6 Å². The number of nitriles is 2. The Morgan fingerprint density at radius 3 is 1.64 bits per heavy atom. The maximum absolute atomic E-state index is 10.0. The Kier molecular flexibility index (Phi) is 5.56. The minimum Gasteiger partial charge on any atom is -0.310 e. The van der Waals surface area contributed by atoms with Gasteiger partial charge in [-0.05, 0) is 66.2 Å². The molecule has 0 spiro atoms. The first kappa shape index (κ1) is 25.1. The van der Waals surface area contributed by atoms with Crippen LogP contribution < -0.4 is 0 Å². The molecule has 0 aliphatic carbocycles. The van der Waals surface area contributed by atoms with Crippen molar-refractivity contribution in [2.45, 2.75) is 0 Å². The third-order valence-corrected chi connectivity index (χ3v) is 8.40. The summed E-state index contributed by atoms with van der Waals surface area (Å²) in [5.74, 6) is 0. The highest BCUT2D eigenvalue weighted by Crippen LogP contribution is 2.44. The van der Waals surface area contributed by atoms with Gasteiger partial charge in [0.1, 0.15) is 0 Å². The lowest BCUT2D eigenvalue weighted by atomic mass is 9.97. The normalized spacial score (nSPS) is 11.1. The Morgan fingerprint density at radius 1 is 0.500 bits per heavy atom. The van der Waals surface area contributed by atoms with Crippen LogP contribution in [0, 0.1) is 29.2 Å². The number of hydrogen-bond acceptors (Lipinski definition) is 2. The first-order valence-electron chi connectivity index (χ1n) is 14.2. The van der Waals surface area contributed by atoms with E-state index in [0.29, 0.717) is 16.8 Å². The summed E-state index contributed by atoms with van der Waals surface area (Å²) < 4.78 is 4.40. The average Bonchev–Trinajstić information content (AvgIpc) is 3.60. The molecule has 2 aromatic heterocycles. The van der Waals surface area contributed by atoms with Crippen molar-refractivity contribution in [1.29, 1.82) is 10.5 Å². The number of para-hydroxylation sites is 3. The summed E-state index contributed by atoms with van der Waals surface area (Å²) in [4.78, 5) is 4.01. The summed E-state index contributed by atoms with van der Waals surface area (Å²) in [5.41, 5.74) is 8.81. The lowest BCUT2D eigenvalue weighted by molar-refractivity contribution is 1.16. The smallest absolute Gasteiger partial charge is 0.197 e. The molecular formula is C39H21N5. The van der Waals surface area contributed by atoms with E-state index in [-0.39, 0.29) is 0 Å². The number of nitrogens with zero attached hydrogens (tertiary/aromatic N) is 5. The predicted molar refractivity (Wildman–Crippen MR) is 176 cm³/mol. The first-order valence-corrected chi connectivity index (χ1v) is 14.2. The van der Waals surface area contributed by atoms with Crippen LogP contribution >= 0.6 is 0 Å². The van der Waals surface area contributed by atoms with Crippen molar-refractivity contribution in [3.8, 4) is 34.6 Å². The molecule has 44 heavy (non-hydrogen) atoms. The van der Waals surface area contributed by atoms with Crippen molar-refractivity contribution >= 4 is 49.3 Å². The van der Waals surface area contributed by atoms with Crippen LogP contribution in [-0.4, -0.2) is 9.13 Å². The molecule has 0 saturated heterocycles. The molecule has 0 aliphatic rings. The van der Waals surface area contributed by atoms with E-state index in [4.69, 9.17) is 6.57 Å². The zero-order chi connectivity index (χ0) is 29.8. The van der Waals surface area contributed by atoms with Gasteiger partial charge in [0.2, 0.25) is 0 Å². The van der Waals surface area contributed by atoms with E-state index in [9.17, 15) is 10.5 Å². The zero-order valence-electron chi connectivity index (χ0n) is 23.4. The Balaban J connectivity index is 1.53. The zero-order valence-corrected chi connectivity index (χ0v) is 23.4. The van der Waals surface area contributed by atoms with E-state index in [2.05, 4.69) is 68.6 Å². The van der Waals surface area contributed by atoms with Crippen LogP contribution in [0.1, 0.15) is 11.1 Å². The van der Waals surface area contributed by atoms with E-state index in [1.54, 1.807) is 0 Å². The van der Waals surface area contributed by atoms with Gasteiger partial charge in [0.25, 0.3) is 0 Å². The van der Waals surface area contributed by atoms with Gasteiger partial charge in [-0.25, -0.2) is 4.85 Å². The highest BCUT2D eigenvalue weighted by atomic mass is 15.0. The number of rotatable bonds is 3. The summed E-state index contributed by atoms with van der Waals surface area (Å²) in [6.45, 7) is 8.25. The second-order valence-corrected chi connectivity index (χ2v) is 10.7. The van der Waals surface area contributed by atoms with Crippen molar-refractivity contribution in [2.24, 2.45) is 0 Å². The van der Waals surface area contributed by atoms with Gasteiger partial charge >= 0.3 is 0 Å². The fourth-order valence-electron chi connectivity index (χ4n) is 6.57. The Hall–Kier alpha value is -6.61. The lowest BCUT2D eigenvalue weighted by Crippen LogP contribution is -2.02. The average molecular weight is 560 g/mol. The van der Waals surface area contributed by atoms with Gasteiger partial charge in [-0.1, -0.05) is 66.7 Å².